The van der Waals surface area contributed by atoms with E-state index in [9.17, 15) is 4.79 Å². The highest BCUT2D eigenvalue weighted by Gasteiger charge is 2.06. The molecule has 0 radical (unpaired) electrons. The molecule has 0 atom stereocenters. The van der Waals surface area contributed by atoms with Crippen LogP contribution in [0.25, 0.3) is 0 Å². The van der Waals surface area contributed by atoms with Crippen LogP contribution in [0.5, 0.6) is 0 Å². The molecule has 5 heteroatoms. The summed E-state index contributed by atoms with van der Waals surface area (Å²) in [5, 5.41) is 6.69. The molecule has 1 aromatic heterocycles. The second-order valence-corrected chi connectivity index (χ2v) is 5.30. The molecular weight excluding hydrogens is 286 g/mol. The molecule has 0 saturated carbocycles. The molecule has 4 nitrogen and oxygen atoms in total. The summed E-state index contributed by atoms with van der Waals surface area (Å²) in [6.07, 6.45) is 5.00. The SMILES string of the molecule is CCCNCc1ccn(CC(=O)Nc2ccccc2Cl)c1. The molecule has 112 valence electrons. The first-order chi connectivity index (χ1) is 10.2. The molecule has 0 unspecified atom stereocenters. The molecule has 2 rings (SSSR count). The number of halogens is 1. The Morgan fingerprint density at radius 1 is 1.29 bits per heavy atom. The van der Waals surface area contributed by atoms with Crippen LogP contribution >= 0.6 is 11.6 Å². The molecule has 1 aromatic carbocycles. The van der Waals surface area contributed by atoms with Crippen LogP contribution in [-0.4, -0.2) is 17.0 Å². The van der Waals surface area contributed by atoms with E-state index in [2.05, 4.69) is 17.6 Å². The molecular formula is C16H20ClN3O. The predicted molar refractivity (Wildman–Crippen MR) is 86.5 cm³/mol. The van der Waals surface area contributed by atoms with Gasteiger partial charge in [0.2, 0.25) is 5.91 Å². The van der Waals surface area contributed by atoms with Crippen molar-refractivity contribution in [3.05, 3.63) is 53.3 Å². The Labute approximate surface area is 130 Å². The van der Waals surface area contributed by atoms with Crippen molar-refractivity contribution in [1.82, 2.24) is 9.88 Å². The third-order valence-electron chi connectivity index (χ3n) is 3.04. The standard InChI is InChI=1S/C16H20ClN3O/c1-2-8-18-10-13-7-9-20(11-13)12-16(21)19-15-6-4-3-5-14(15)17/h3-7,9,11,18H,2,8,10,12H2,1H3,(H,19,21). The second kappa shape index (κ2) is 7.86. The fraction of sp³-hybridized carbons (Fsp3) is 0.312. The van der Waals surface area contributed by atoms with Crippen LogP contribution in [0.3, 0.4) is 0 Å². The van der Waals surface area contributed by atoms with E-state index in [0.717, 1.165) is 19.5 Å². The third-order valence-corrected chi connectivity index (χ3v) is 3.37. The van der Waals surface area contributed by atoms with Crippen molar-refractivity contribution < 1.29 is 4.79 Å². The zero-order valence-electron chi connectivity index (χ0n) is 12.1. The van der Waals surface area contributed by atoms with E-state index in [0.29, 0.717) is 10.7 Å². The molecule has 1 amide bonds. The molecule has 2 N–H and O–H groups in total. The second-order valence-electron chi connectivity index (χ2n) is 4.90. The molecule has 1 heterocycles. The van der Waals surface area contributed by atoms with E-state index in [1.165, 1.54) is 5.56 Å². The van der Waals surface area contributed by atoms with E-state index in [-0.39, 0.29) is 12.5 Å². The van der Waals surface area contributed by atoms with Crippen molar-refractivity contribution in [2.24, 2.45) is 0 Å². The number of amides is 1. The van der Waals surface area contributed by atoms with Crippen LogP contribution in [0.4, 0.5) is 5.69 Å². The first kappa shape index (κ1) is 15.6. The fourth-order valence-corrected chi connectivity index (χ4v) is 2.20. The molecule has 0 saturated heterocycles. The minimum absolute atomic E-state index is 0.0910. The average molecular weight is 306 g/mol. The molecule has 0 aliphatic rings. The summed E-state index contributed by atoms with van der Waals surface area (Å²) in [6.45, 7) is 4.24. The summed E-state index contributed by atoms with van der Waals surface area (Å²) in [6, 6.07) is 9.24. The van der Waals surface area contributed by atoms with E-state index in [1.54, 1.807) is 12.1 Å². The Bertz CT molecular complexity index is 595. The number of nitrogens with one attached hydrogen (secondary N) is 2. The summed E-state index contributed by atoms with van der Waals surface area (Å²) >= 11 is 6.02. The van der Waals surface area contributed by atoms with Gasteiger partial charge < -0.3 is 15.2 Å². The molecule has 0 aliphatic carbocycles. The molecule has 0 bridgehead atoms. The zero-order chi connectivity index (χ0) is 15.1. The molecule has 0 spiro atoms. The lowest BCUT2D eigenvalue weighted by atomic mass is 10.3. The Hall–Kier alpha value is -1.78. The Morgan fingerprint density at radius 2 is 2.10 bits per heavy atom. The van der Waals surface area contributed by atoms with Crippen LogP contribution in [-0.2, 0) is 17.9 Å². The van der Waals surface area contributed by atoms with Gasteiger partial charge in [-0.1, -0.05) is 30.7 Å². The summed E-state index contributed by atoms with van der Waals surface area (Å²) < 4.78 is 1.87. The first-order valence-corrected chi connectivity index (χ1v) is 7.46. The van der Waals surface area contributed by atoms with Crippen LogP contribution in [0, 0.1) is 0 Å². The van der Waals surface area contributed by atoms with Gasteiger partial charge in [-0.2, -0.15) is 0 Å². The van der Waals surface area contributed by atoms with Crippen molar-refractivity contribution in [3.8, 4) is 0 Å². The Morgan fingerprint density at radius 3 is 2.86 bits per heavy atom. The van der Waals surface area contributed by atoms with E-state index < -0.39 is 0 Å². The van der Waals surface area contributed by atoms with Gasteiger partial charge in [0.1, 0.15) is 6.54 Å². The first-order valence-electron chi connectivity index (χ1n) is 7.09. The summed E-state index contributed by atoms with van der Waals surface area (Å²) in [5.74, 6) is -0.0910. The average Bonchev–Trinajstić information content (AvgIpc) is 2.89. The Balaban J connectivity index is 1.87. The number of aromatic nitrogens is 1. The number of carbonyl (C=O) groups is 1. The van der Waals surface area contributed by atoms with Gasteiger partial charge in [-0.05, 0) is 36.7 Å². The fourth-order valence-electron chi connectivity index (χ4n) is 2.02. The van der Waals surface area contributed by atoms with E-state index in [4.69, 9.17) is 11.6 Å². The number of benzene rings is 1. The van der Waals surface area contributed by atoms with Gasteiger partial charge in [-0.3, -0.25) is 4.79 Å². The largest absolute Gasteiger partial charge is 0.345 e. The minimum atomic E-state index is -0.0910. The van der Waals surface area contributed by atoms with E-state index >= 15 is 0 Å². The quantitative estimate of drug-likeness (QED) is 0.771. The van der Waals surface area contributed by atoms with Gasteiger partial charge in [0, 0.05) is 18.9 Å². The third kappa shape index (κ3) is 4.92. The highest BCUT2D eigenvalue weighted by Crippen LogP contribution is 2.20. The number of para-hydroxylation sites is 1. The topological polar surface area (TPSA) is 46.1 Å². The number of rotatable bonds is 7. The van der Waals surface area contributed by atoms with Gasteiger partial charge >= 0.3 is 0 Å². The monoisotopic (exact) mass is 305 g/mol. The number of hydrogen-bond acceptors (Lipinski definition) is 2. The van der Waals surface area contributed by atoms with Crippen LogP contribution in [0.15, 0.2) is 42.7 Å². The van der Waals surface area contributed by atoms with Crippen LogP contribution < -0.4 is 10.6 Å². The number of nitrogens with zero attached hydrogens (tertiary/aromatic N) is 1. The smallest absolute Gasteiger partial charge is 0.244 e. The van der Waals surface area contributed by atoms with Crippen molar-refractivity contribution in [3.63, 3.8) is 0 Å². The van der Waals surface area contributed by atoms with E-state index in [1.807, 2.05) is 35.2 Å². The maximum Gasteiger partial charge on any atom is 0.244 e. The normalized spacial score (nSPS) is 10.6. The zero-order valence-corrected chi connectivity index (χ0v) is 12.9. The maximum absolute atomic E-state index is 12.0. The molecule has 2 aromatic rings. The van der Waals surface area contributed by atoms with Crippen LogP contribution in [0.2, 0.25) is 5.02 Å². The molecule has 0 fully saturated rings. The number of hydrogen-bond donors (Lipinski definition) is 2. The lowest BCUT2D eigenvalue weighted by molar-refractivity contribution is -0.116. The number of carbonyl (C=O) groups excluding carboxylic acids is 1. The minimum Gasteiger partial charge on any atom is -0.345 e. The molecule has 21 heavy (non-hydrogen) atoms. The Kier molecular flexibility index (Phi) is 5.84. The van der Waals surface area contributed by atoms with Crippen molar-refractivity contribution in [2.45, 2.75) is 26.4 Å². The highest BCUT2D eigenvalue weighted by molar-refractivity contribution is 6.33. The summed E-state index contributed by atoms with van der Waals surface area (Å²) in [5.41, 5.74) is 1.81. The van der Waals surface area contributed by atoms with Crippen molar-refractivity contribution in [1.29, 1.82) is 0 Å². The lowest BCUT2D eigenvalue weighted by Crippen LogP contribution is -2.18. The van der Waals surface area contributed by atoms with Gasteiger partial charge in [0.05, 0.1) is 10.7 Å². The van der Waals surface area contributed by atoms with Crippen molar-refractivity contribution >= 4 is 23.2 Å². The van der Waals surface area contributed by atoms with Gasteiger partial charge in [0.25, 0.3) is 0 Å². The molecule has 0 aliphatic heterocycles. The summed E-state index contributed by atoms with van der Waals surface area (Å²) in [4.78, 5) is 12.0. The lowest BCUT2D eigenvalue weighted by Gasteiger charge is -2.07. The predicted octanol–water partition coefficient (Wildman–Crippen LogP) is 3.28. The van der Waals surface area contributed by atoms with Crippen LogP contribution in [0.1, 0.15) is 18.9 Å². The van der Waals surface area contributed by atoms with Gasteiger partial charge in [0.15, 0.2) is 0 Å². The maximum atomic E-state index is 12.0. The van der Waals surface area contributed by atoms with Gasteiger partial charge in [-0.15, -0.1) is 0 Å². The van der Waals surface area contributed by atoms with Crippen molar-refractivity contribution in [2.75, 3.05) is 11.9 Å². The number of anilines is 1. The van der Waals surface area contributed by atoms with Gasteiger partial charge in [-0.25, -0.2) is 0 Å². The summed E-state index contributed by atoms with van der Waals surface area (Å²) in [7, 11) is 0. The highest BCUT2D eigenvalue weighted by atomic mass is 35.5.